The average Bonchev–Trinajstić information content (AvgIpc) is 2.75. The van der Waals surface area contributed by atoms with Crippen molar-refractivity contribution in [1.29, 1.82) is 0 Å². The standard InChI is InChI=1S/C17H26N2/c1-13-6-3-4-8-17(13)14-10-15(11-14)18-12-16-7-5-9-19(16)2/h3-4,6,8,14-16,18H,5,7,9-12H2,1-2H3. The Morgan fingerprint density at radius 1 is 1.26 bits per heavy atom. The highest BCUT2D eigenvalue weighted by molar-refractivity contribution is 5.31. The van der Waals surface area contributed by atoms with E-state index in [1.54, 1.807) is 5.56 Å². The van der Waals surface area contributed by atoms with Crippen molar-refractivity contribution >= 4 is 0 Å². The molecule has 1 heterocycles. The normalized spacial score (nSPS) is 31.4. The first-order chi connectivity index (χ1) is 9.24. The Balaban J connectivity index is 1.44. The van der Waals surface area contributed by atoms with Crippen molar-refractivity contribution in [2.24, 2.45) is 0 Å². The first kappa shape index (κ1) is 13.1. The minimum Gasteiger partial charge on any atom is -0.312 e. The molecule has 2 fully saturated rings. The van der Waals surface area contributed by atoms with Gasteiger partial charge in [-0.25, -0.2) is 0 Å². The molecule has 2 heteroatoms. The second-order valence-electron chi connectivity index (χ2n) is 6.41. The lowest BCUT2D eigenvalue weighted by atomic mass is 9.74. The van der Waals surface area contributed by atoms with Crippen LogP contribution in [0.2, 0.25) is 0 Å². The van der Waals surface area contributed by atoms with Gasteiger partial charge in [-0.05, 0) is 63.2 Å². The van der Waals surface area contributed by atoms with Crippen LogP contribution in [0.3, 0.4) is 0 Å². The molecule has 0 bridgehead atoms. The van der Waals surface area contributed by atoms with Crippen molar-refractivity contribution in [2.45, 2.75) is 50.6 Å². The molecule has 1 unspecified atom stereocenters. The number of likely N-dealkylation sites (N-methyl/N-ethyl adjacent to an activating group) is 1. The van der Waals surface area contributed by atoms with Gasteiger partial charge >= 0.3 is 0 Å². The van der Waals surface area contributed by atoms with E-state index in [2.05, 4.69) is 48.5 Å². The molecule has 0 aromatic heterocycles. The Hall–Kier alpha value is -0.860. The Morgan fingerprint density at radius 2 is 2.05 bits per heavy atom. The summed E-state index contributed by atoms with van der Waals surface area (Å²) in [6.45, 7) is 4.70. The molecule has 1 aromatic rings. The zero-order chi connectivity index (χ0) is 13.2. The van der Waals surface area contributed by atoms with E-state index in [0.29, 0.717) is 0 Å². The van der Waals surface area contributed by atoms with Crippen LogP contribution >= 0.6 is 0 Å². The lowest BCUT2D eigenvalue weighted by Gasteiger charge is -2.38. The fourth-order valence-corrected chi connectivity index (χ4v) is 3.62. The van der Waals surface area contributed by atoms with Crippen molar-refractivity contribution in [3.63, 3.8) is 0 Å². The summed E-state index contributed by atoms with van der Waals surface area (Å²) in [5.74, 6) is 0.792. The van der Waals surface area contributed by atoms with E-state index in [-0.39, 0.29) is 0 Å². The summed E-state index contributed by atoms with van der Waals surface area (Å²) in [6.07, 6.45) is 5.39. The molecular formula is C17H26N2. The third kappa shape index (κ3) is 2.85. The maximum Gasteiger partial charge on any atom is 0.0218 e. The maximum absolute atomic E-state index is 3.77. The number of nitrogens with one attached hydrogen (secondary N) is 1. The van der Waals surface area contributed by atoms with E-state index >= 15 is 0 Å². The number of benzene rings is 1. The molecule has 1 atom stereocenters. The van der Waals surface area contributed by atoms with Crippen molar-refractivity contribution in [2.75, 3.05) is 20.1 Å². The Bertz CT molecular complexity index is 423. The average molecular weight is 258 g/mol. The van der Waals surface area contributed by atoms with Gasteiger partial charge in [-0.3, -0.25) is 0 Å². The van der Waals surface area contributed by atoms with Gasteiger partial charge in [0.1, 0.15) is 0 Å². The molecular weight excluding hydrogens is 232 g/mol. The molecule has 2 aliphatic rings. The quantitative estimate of drug-likeness (QED) is 0.893. The van der Waals surface area contributed by atoms with Crippen LogP contribution in [0.1, 0.15) is 42.7 Å². The molecule has 1 aliphatic carbocycles. The number of rotatable bonds is 4. The number of nitrogens with zero attached hydrogens (tertiary/aromatic N) is 1. The van der Waals surface area contributed by atoms with Crippen LogP contribution in [0.5, 0.6) is 0 Å². The number of likely N-dealkylation sites (tertiary alicyclic amines) is 1. The monoisotopic (exact) mass is 258 g/mol. The molecule has 3 rings (SSSR count). The Morgan fingerprint density at radius 3 is 2.74 bits per heavy atom. The first-order valence-corrected chi connectivity index (χ1v) is 7.73. The van der Waals surface area contributed by atoms with Crippen molar-refractivity contribution in [3.05, 3.63) is 35.4 Å². The highest BCUT2D eigenvalue weighted by Crippen LogP contribution is 2.38. The van der Waals surface area contributed by atoms with Crippen molar-refractivity contribution in [3.8, 4) is 0 Å². The zero-order valence-electron chi connectivity index (χ0n) is 12.2. The van der Waals surface area contributed by atoms with E-state index in [1.807, 2.05) is 0 Å². The summed E-state index contributed by atoms with van der Waals surface area (Å²) in [4.78, 5) is 2.50. The molecule has 0 radical (unpaired) electrons. The summed E-state index contributed by atoms with van der Waals surface area (Å²) in [7, 11) is 2.26. The maximum atomic E-state index is 3.77. The molecule has 1 N–H and O–H groups in total. The number of aryl methyl sites for hydroxylation is 1. The van der Waals surface area contributed by atoms with Gasteiger partial charge in [-0.1, -0.05) is 24.3 Å². The van der Waals surface area contributed by atoms with E-state index < -0.39 is 0 Å². The smallest absolute Gasteiger partial charge is 0.0218 e. The zero-order valence-corrected chi connectivity index (χ0v) is 12.2. The summed E-state index contributed by atoms with van der Waals surface area (Å²) in [5.41, 5.74) is 3.03. The first-order valence-electron chi connectivity index (χ1n) is 7.73. The third-order valence-corrected chi connectivity index (χ3v) is 5.08. The van der Waals surface area contributed by atoms with Crippen molar-refractivity contribution in [1.82, 2.24) is 10.2 Å². The fourth-order valence-electron chi connectivity index (χ4n) is 3.62. The van der Waals surface area contributed by atoms with Gasteiger partial charge in [-0.2, -0.15) is 0 Å². The lowest BCUT2D eigenvalue weighted by molar-refractivity contribution is 0.244. The molecule has 1 aliphatic heterocycles. The molecule has 0 spiro atoms. The summed E-state index contributed by atoms with van der Waals surface area (Å²) in [6, 6.07) is 10.4. The third-order valence-electron chi connectivity index (χ3n) is 5.08. The second-order valence-corrected chi connectivity index (χ2v) is 6.41. The fraction of sp³-hybridized carbons (Fsp3) is 0.647. The predicted octanol–water partition coefficient (Wildman–Crippen LogP) is 2.92. The molecule has 1 saturated heterocycles. The number of hydrogen-bond acceptors (Lipinski definition) is 2. The molecule has 1 saturated carbocycles. The molecule has 104 valence electrons. The van der Waals surface area contributed by atoms with E-state index in [4.69, 9.17) is 0 Å². The Kier molecular flexibility index (Phi) is 3.90. The van der Waals surface area contributed by atoms with Gasteiger partial charge in [0.15, 0.2) is 0 Å². The highest BCUT2D eigenvalue weighted by atomic mass is 15.2. The van der Waals surface area contributed by atoms with Crippen LogP contribution < -0.4 is 5.32 Å². The van der Waals surface area contributed by atoms with Crippen LogP contribution in [-0.2, 0) is 0 Å². The van der Waals surface area contributed by atoms with Gasteiger partial charge in [0, 0.05) is 18.6 Å². The number of hydrogen-bond donors (Lipinski definition) is 1. The minimum absolute atomic E-state index is 0.749. The van der Waals surface area contributed by atoms with E-state index in [0.717, 1.165) is 18.0 Å². The molecule has 2 nitrogen and oxygen atoms in total. The highest BCUT2D eigenvalue weighted by Gasteiger charge is 2.31. The van der Waals surface area contributed by atoms with Gasteiger partial charge in [0.05, 0.1) is 0 Å². The Labute approximate surface area is 117 Å². The summed E-state index contributed by atoms with van der Waals surface area (Å²) < 4.78 is 0. The van der Waals surface area contributed by atoms with Crippen LogP contribution in [-0.4, -0.2) is 37.1 Å². The van der Waals surface area contributed by atoms with Crippen LogP contribution in [0.15, 0.2) is 24.3 Å². The minimum atomic E-state index is 0.749. The molecule has 0 amide bonds. The van der Waals surface area contributed by atoms with Crippen LogP contribution in [0, 0.1) is 6.92 Å². The molecule has 1 aromatic carbocycles. The van der Waals surface area contributed by atoms with Crippen molar-refractivity contribution < 1.29 is 0 Å². The topological polar surface area (TPSA) is 15.3 Å². The van der Waals surface area contributed by atoms with E-state index in [9.17, 15) is 0 Å². The lowest BCUT2D eigenvalue weighted by Crippen LogP contribution is -2.45. The summed E-state index contributed by atoms with van der Waals surface area (Å²) in [5, 5.41) is 3.77. The SMILES string of the molecule is Cc1ccccc1C1CC(NCC2CCCN2C)C1. The van der Waals surface area contributed by atoms with Crippen LogP contribution in [0.4, 0.5) is 0 Å². The second kappa shape index (κ2) is 5.64. The molecule has 19 heavy (non-hydrogen) atoms. The van der Waals surface area contributed by atoms with Gasteiger partial charge in [0.25, 0.3) is 0 Å². The van der Waals surface area contributed by atoms with E-state index in [1.165, 1.54) is 44.3 Å². The van der Waals surface area contributed by atoms with Gasteiger partial charge < -0.3 is 10.2 Å². The largest absolute Gasteiger partial charge is 0.312 e. The summed E-state index contributed by atoms with van der Waals surface area (Å²) >= 11 is 0. The van der Waals surface area contributed by atoms with Gasteiger partial charge in [-0.15, -0.1) is 0 Å². The van der Waals surface area contributed by atoms with Gasteiger partial charge in [0.2, 0.25) is 0 Å². The predicted molar refractivity (Wildman–Crippen MR) is 80.6 cm³/mol. The van der Waals surface area contributed by atoms with Crippen LogP contribution in [0.25, 0.3) is 0 Å².